The van der Waals surface area contributed by atoms with E-state index in [-0.39, 0.29) is 24.6 Å². The van der Waals surface area contributed by atoms with Crippen molar-refractivity contribution in [2.45, 2.75) is 25.7 Å². The molecule has 5 heteroatoms. The highest BCUT2D eigenvalue weighted by Crippen LogP contribution is 2.03. The molecule has 2 N–H and O–H groups in total. The molecule has 0 bridgehead atoms. The SMILES string of the molecule is O=C(O)CCCC(=O)NCCc1ccc(F)cc1. The van der Waals surface area contributed by atoms with Crippen LogP contribution >= 0.6 is 0 Å². The standard InChI is InChI=1S/C13H16FNO3/c14-11-6-4-10(5-7-11)8-9-15-12(16)2-1-3-13(17)18/h4-7H,1-3,8-9H2,(H,15,16)(H,17,18). The first-order valence-corrected chi connectivity index (χ1v) is 5.81. The second-order valence-electron chi connectivity index (χ2n) is 3.97. The molecule has 0 aliphatic heterocycles. The van der Waals surface area contributed by atoms with Crippen LogP contribution in [0.1, 0.15) is 24.8 Å². The van der Waals surface area contributed by atoms with Gasteiger partial charge < -0.3 is 10.4 Å². The number of hydrogen-bond acceptors (Lipinski definition) is 2. The summed E-state index contributed by atoms with van der Waals surface area (Å²) in [6.07, 6.45) is 1.20. The predicted molar refractivity (Wildman–Crippen MR) is 64.6 cm³/mol. The average Bonchev–Trinajstić information content (AvgIpc) is 2.31. The molecule has 0 saturated carbocycles. The average molecular weight is 253 g/mol. The molecule has 0 aromatic heterocycles. The summed E-state index contributed by atoms with van der Waals surface area (Å²) >= 11 is 0. The topological polar surface area (TPSA) is 66.4 Å². The molecule has 1 aromatic rings. The van der Waals surface area contributed by atoms with E-state index >= 15 is 0 Å². The third-order valence-electron chi connectivity index (χ3n) is 2.44. The van der Waals surface area contributed by atoms with Crippen LogP contribution < -0.4 is 5.32 Å². The monoisotopic (exact) mass is 253 g/mol. The van der Waals surface area contributed by atoms with Crippen LogP contribution in [0.3, 0.4) is 0 Å². The summed E-state index contributed by atoms with van der Waals surface area (Å²) in [6, 6.07) is 6.10. The lowest BCUT2D eigenvalue weighted by molar-refractivity contribution is -0.137. The number of carbonyl (C=O) groups excluding carboxylic acids is 1. The zero-order valence-electron chi connectivity index (χ0n) is 9.99. The molecule has 1 amide bonds. The Morgan fingerprint density at radius 3 is 2.44 bits per heavy atom. The third kappa shape index (κ3) is 5.98. The van der Waals surface area contributed by atoms with Crippen LogP contribution in [0.5, 0.6) is 0 Å². The minimum atomic E-state index is -0.894. The molecule has 0 unspecified atom stereocenters. The van der Waals surface area contributed by atoms with Crippen molar-refractivity contribution in [1.82, 2.24) is 5.32 Å². The summed E-state index contributed by atoms with van der Waals surface area (Å²) in [7, 11) is 0. The Labute approximate surface area is 105 Å². The molecule has 98 valence electrons. The molecule has 4 nitrogen and oxygen atoms in total. The normalized spacial score (nSPS) is 10.1. The van der Waals surface area contributed by atoms with Crippen LogP contribution in [0.4, 0.5) is 4.39 Å². The van der Waals surface area contributed by atoms with E-state index in [1.807, 2.05) is 0 Å². The number of hydrogen-bond donors (Lipinski definition) is 2. The van der Waals surface area contributed by atoms with Gasteiger partial charge >= 0.3 is 5.97 Å². The fourth-order valence-electron chi connectivity index (χ4n) is 1.49. The first kappa shape index (κ1) is 14.2. The molecular formula is C13H16FNO3. The number of aliphatic carboxylic acids is 1. The Hall–Kier alpha value is -1.91. The van der Waals surface area contributed by atoms with Gasteiger partial charge in [-0.2, -0.15) is 0 Å². The largest absolute Gasteiger partial charge is 0.481 e. The molecule has 1 aromatic carbocycles. The van der Waals surface area contributed by atoms with Crippen molar-refractivity contribution in [3.05, 3.63) is 35.6 Å². The zero-order chi connectivity index (χ0) is 13.4. The van der Waals surface area contributed by atoms with Crippen molar-refractivity contribution >= 4 is 11.9 Å². The molecule has 1 rings (SSSR count). The summed E-state index contributed by atoms with van der Waals surface area (Å²) in [5, 5.41) is 11.1. The van der Waals surface area contributed by atoms with Crippen molar-refractivity contribution in [2.24, 2.45) is 0 Å². The first-order valence-electron chi connectivity index (χ1n) is 5.81. The van der Waals surface area contributed by atoms with Gasteiger partial charge in [0.25, 0.3) is 0 Å². The van der Waals surface area contributed by atoms with Crippen molar-refractivity contribution in [2.75, 3.05) is 6.54 Å². The van der Waals surface area contributed by atoms with Crippen LogP contribution in [0.15, 0.2) is 24.3 Å². The van der Waals surface area contributed by atoms with E-state index in [4.69, 9.17) is 5.11 Å². The lowest BCUT2D eigenvalue weighted by Gasteiger charge is -2.04. The number of carboxylic acid groups (broad SMARTS) is 1. The van der Waals surface area contributed by atoms with Crippen LogP contribution in [-0.4, -0.2) is 23.5 Å². The second-order valence-corrected chi connectivity index (χ2v) is 3.97. The van der Waals surface area contributed by atoms with Gasteiger partial charge in [-0.15, -0.1) is 0 Å². The quantitative estimate of drug-likeness (QED) is 0.777. The van der Waals surface area contributed by atoms with Gasteiger partial charge in [-0.1, -0.05) is 12.1 Å². The lowest BCUT2D eigenvalue weighted by atomic mass is 10.1. The third-order valence-corrected chi connectivity index (χ3v) is 2.44. The van der Waals surface area contributed by atoms with Gasteiger partial charge in [-0.3, -0.25) is 9.59 Å². The van der Waals surface area contributed by atoms with E-state index in [1.54, 1.807) is 12.1 Å². The van der Waals surface area contributed by atoms with Gasteiger partial charge in [-0.25, -0.2) is 4.39 Å². The Morgan fingerprint density at radius 1 is 1.17 bits per heavy atom. The van der Waals surface area contributed by atoms with Gasteiger partial charge in [0.15, 0.2) is 0 Å². The highest BCUT2D eigenvalue weighted by Gasteiger charge is 2.03. The molecular weight excluding hydrogens is 237 g/mol. The van der Waals surface area contributed by atoms with Gasteiger partial charge in [0, 0.05) is 19.4 Å². The van der Waals surface area contributed by atoms with Crippen molar-refractivity contribution in [1.29, 1.82) is 0 Å². The van der Waals surface area contributed by atoms with Gasteiger partial charge in [0.2, 0.25) is 5.91 Å². The summed E-state index contributed by atoms with van der Waals surface area (Å²) in [4.78, 5) is 21.5. The Bertz CT molecular complexity index is 403. The Balaban J connectivity index is 2.15. The number of carbonyl (C=O) groups is 2. The highest BCUT2D eigenvalue weighted by atomic mass is 19.1. The molecule has 18 heavy (non-hydrogen) atoms. The minimum Gasteiger partial charge on any atom is -0.481 e. The van der Waals surface area contributed by atoms with E-state index in [0.717, 1.165) is 5.56 Å². The van der Waals surface area contributed by atoms with Crippen molar-refractivity contribution in [3.63, 3.8) is 0 Å². The fourth-order valence-corrected chi connectivity index (χ4v) is 1.49. The maximum Gasteiger partial charge on any atom is 0.303 e. The van der Waals surface area contributed by atoms with Gasteiger partial charge in [0.1, 0.15) is 5.82 Å². The van der Waals surface area contributed by atoms with E-state index < -0.39 is 5.97 Å². The van der Waals surface area contributed by atoms with Crippen LogP contribution in [0.2, 0.25) is 0 Å². The number of amides is 1. The molecule has 0 radical (unpaired) electrons. The van der Waals surface area contributed by atoms with E-state index in [2.05, 4.69) is 5.32 Å². The van der Waals surface area contributed by atoms with Gasteiger partial charge in [0.05, 0.1) is 0 Å². The maximum absolute atomic E-state index is 12.6. The summed E-state index contributed by atoms with van der Waals surface area (Å²) in [6.45, 7) is 0.470. The number of halogens is 1. The zero-order valence-corrected chi connectivity index (χ0v) is 9.99. The lowest BCUT2D eigenvalue weighted by Crippen LogP contribution is -2.25. The fraction of sp³-hybridized carbons (Fsp3) is 0.385. The van der Waals surface area contributed by atoms with Crippen molar-refractivity contribution in [3.8, 4) is 0 Å². The van der Waals surface area contributed by atoms with E-state index in [0.29, 0.717) is 19.4 Å². The smallest absolute Gasteiger partial charge is 0.303 e. The number of benzene rings is 1. The highest BCUT2D eigenvalue weighted by molar-refractivity contribution is 5.76. The van der Waals surface area contributed by atoms with Crippen LogP contribution in [0.25, 0.3) is 0 Å². The maximum atomic E-state index is 12.6. The molecule has 0 aliphatic rings. The van der Waals surface area contributed by atoms with E-state index in [1.165, 1.54) is 12.1 Å². The summed E-state index contributed by atoms with van der Waals surface area (Å²) in [5.41, 5.74) is 0.947. The minimum absolute atomic E-state index is 0.00534. The molecule has 0 aliphatic carbocycles. The van der Waals surface area contributed by atoms with Crippen molar-refractivity contribution < 1.29 is 19.1 Å². The molecule has 0 atom stereocenters. The van der Waals surface area contributed by atoms with E-state index in [9.17, 15) is 14.0 Å². The number of nitrogens with one attached hydrogen (secondary N) is 1. The second kappa shape index (κ2) is 7.42. The number of rotatable bonds is 7. The molecule has 0 heterocycles. The summed E-state index contributed by atoms with van der Waals surface area (Å²) in [5.74, 6) is -1.33. The van der Waals surface area contributed by atoms with Crippen LogP contribution in [-0.2, 0) is 16.0 Å². The molecule has 0 fully saturated rings. The number of carboxylic acids is 1. The molecule has 0 spiro atoms. The van der Waals surface area contributed by atoms with Gasteiger partial charge in [-0.05, 0) is 30.5 Å². The predicted octanol–water partition coefficient (Wildman–Crippen LogP) is 1.74. The Kier molecular flexibility index (Phi) is 5.84. The Morgan fingerprint density at radius 2 is 1.83 bits per heavy atom. The molecule has 0 saturated heterocycles. The van der Waals surface area contributed by atoms with Crippen LogP contribution in [0, 0.1) is 5.82 Å². The summed E-state index contributed by atoms with van der Waals surface area (Å²) < 4.78 is 12.6. The first-order chi connectivity index (χ1) is 8.58.